The van der Waals surface area contributed by atoms with Crippen LogP contribution in [-0.2, 0) is 6.54 Å². The van der Waals surface area contributed by atoms with Crippen LogP contribution in [0.2, 0.25) is 0 Å². The molecule has 0 saturated heterocycles. The Balaban J connectivity index is 2.21. The lowest BCUT2D eigenvalue weighted by molar-refractivity contribution is 0.426. The Kier molecular flexibility index (Phi) is 3.61. The lowest BCUT2D eigenvalue weighted by Crippen LogP contribution is -2.29. The van der Waals surface area contributed by atoms with Crippen LogP contribution in [0, 0.1) is 0 Å². The molecule has 0 aliphatic heterocycles. The average molecular weight is 230 g/mol. The van der Waals surface area contributed by atoms with Crippen molar-refractivity contribution >= 4 is 12.6 Å². The molecular weight excluding hydrogens is 215 g/mol. The summed E-state index contributed by atoms with van der Waals surface area (Å²) < 4.78 is 1.91. The molecule has 0 aliphatic carbocycles. The van der Waals surface area contributed by atoms with Gasteiger partial charge in [0.15, 0.2) is 0 Å². The maximum Gasteiger partial charge on any atom is 0.488 e. The Hall–Kier alpha value is -1.59. The van der Waals surface area contributed by atoms with E-state index < -0.39 is 7.12 Å². The first-order chi connectivity index (χ1) is 8.20. The van der Waals surface area contributed by atoms with Crippen molar-refractivity contribution in [1.82, 2.24) is 9.78 Å². The van der Waals surface area contributed by atoms with E-state index in [9.17, 15) is 0 Å². The zero-order chi connectivity index (χ0) is 12.3. The van der Waals surface area contributed by atoms with Gasteiger partial charge >= 0.3 is 7.12 Å². The van der Waals surface area contributed by atoms with Gasteiger partial charge in [-0.25, -0.2) is 0 Å². The first kappa shape index (κ1) is 11.9. The summed E-state index contributed by atoms with van der Waals surface area (Å²) >= 11 is 0. The number of aryl methyl sites for hydroxylation is 1. The fraction of sp³-hybridized carbons (Fsp3) is 0.250. The highest BCUT2D eigenvalue weighted by molar-refractivity contribution is 6.58. The van der Waals surface area contributed by atoms with E-state index in [1.807, 2.05) is 29.1 Å². The third-order valence-electron chi connectivity index (χ3n) is 2.60. The highest BCUT2D eigenvalue weighted by atomic mass is 16.4. The van der Waals surface area contributed by atoms with Crippen molar-refractivity contribution in [3.63, 3.8) is 0 Å². The zero-order valence-electron chi connectivity index (χ0n) is 9.74. The molecular formula is C12H15BN2O2. The van der Waals surface area contributed by atoms with Crippen molar-refractivity contribution in [2.24, 2.45) is 0 Å². The van der Waals surface area contributed by atoms with E-state index in [1.54, 1.807) is 12.1 Å². The number of hydrogen-bond acceptors (Lipinski definition) is 3. The van der Waals surface area contributed by atoms with Crippen molar-refractivity contribution < 1.29 is 10.0 Å². The molecule has 0 bridgehead atoms. The second-order valence-electron chi connectivity index (χ2n) is 3.96. The van der Waals surface area contributed by atoms with Crippen LogP contribution in [0.1, 0.15) is 13.3 Å². The summed E-state index contributed by atoms with van der Waals surface area (Å²) in [5.41, 5.74) is 2.36. The molecule has 0 unspecified atom stereocenters. The molecule has 0 atom stereocenters. The first-order valence-corrected chi connectivity index (χ1v) is 5.70. The highest BCUT2D eigenvalue weighted by Crippen LogP contribution is 2.15. The van der Waals surface area contributed by atoms with Crippen LogP contribution in [0.5, 0.6) is 0 Å². The fourth-order valence-electron chi connectivity index (χ4n) is 1.70. The van der Waals surface area contributed by atoms with Gasteiger partial charge in [-0.1, -0.05) is 31.2 Å². The summed E-state index contributed by atoms with van der Waals surface area (Å²) in [6, 6.07) is 9.03. The molecule has 0 saturated carbocycles. The van der Waals surface area contributed by atoms with Gasteiger partial charge in [0, 0.05) is 18.3 Å². The largest absolute Gasteiger partial charge is 0.488 e. The predicted molar refractivity (Wildman–Crippen MR) is 67.8 cm³/mol. The lowest BCUT2D eigenvalue weighted by atomic mass is 9.80. The van der Waals surface area contributed by atoms with Gasteiger partial charge in [-0.15, -0.1) is 0 Å². The van der Waals surface area contributed by atoms with Crippen LogP contribution in [0.15, 0.2) is 36.5 Å². The fourth-order valence-corrected chi connectivity index (χ4v) is 1.70. The summed E-state index contributed by atoms with van der Waals surface area (Å²) in [5.74, 6) is 0. The van der Waals surface area contributed by atoms with Crippen LogP contribution in [0.4, 0.5) is 0 Å². The topological polar surface area (TPSA) is 58.3 Å². The number of benzene rings is 1. The summed E-state index contributed by atoms with van der Waals surface area (Å²) in [4.78, 5) is 0. The van der Waals surface area contributed by atoms with Gasteiger partial charge in [0.05, 0.1) is 5.69 Å². The molecule has 0 fully saturated rings. The molecule has 0 radical (unpaired) electrons. The van der Waals surface area contributed by atoms with Gasteiger partial charge in [0.2, 0.25) is 0 Å². The summed E-state index contributed by atoms with van der Waals surface area (Å²) in [7, 11) is -1.42. The van der Waals surface area contributed by atoms with E-state index in [0.717, 1.165) is 24.2 Å². The Morgan fingerprint density at radius 1 is 1.18 bits per heavy atom. The standard InChI is InChI=1S/C12H15BN2O2/c1-2-8-15-9-7-12(14-15)10-3-5-11(6-4-10)13(16)17/h3-7,9,16-17H,2,8H2,1H3. The van der Waals surface area contributed by atoms with Crippen LogP contribution in [0.3, 0.4) is 0 Å². The Morgan fingerprint density at radius 3 is 2.47 bits per heavy atom. The molecule has 2 aromatic rings. The smallest absolute Gasteiger partial charge is 0.423 e. The van der Waals surface area contributed by atoms with Gasteiger partial charge in [0.1, 0.15) is 0 Å². The van der Waals surface area contributed by atoms with E-state index in [-0.39, 0.29) is 0 Å². The van der Waals surface area contributed by atoms with E-state index >= 15 is 0 Å². The molecule has 4 nitrogen and oxygen atoms in total. The van der Waals surface area contributed by atoms with Crippen molar-refractivity contribution in [2.45, 2.75) is 19.9 Å². The van der Waals surface area contributed by atoms with Gasteiger partial charge in [-0.3, -0.25) is 4.68 Å². The normalized spacial score (nSPS) is 10.5. The van der Waals surface area contributed by atoms with Gasteiger partial charge in [-0.2, -0.15) is 5.10 Å². The number of nitrogens with zero attached hydrogens (tertiary/aromatic N) is 2. The van der Waals surface area contributed by atoms with E-state index in [1.165, 1.54) is 0 Å². The van der Waals surface area contributed by atoms with E-state index in [4.69, 9.17) is 10.0 Å². The van der Waals surface area contributed by atoms with Gasteiger partial charge in [0.25, 0.3) is 0 Å². The maximum atomic E-state index is 9.00. The van der Waals surface area contributed by atoms with Gasteiger partial charge < -0.3 is 10.0 Å². The summed E-state index contributed by atoms with van der Waals surface area (Å²) in [6.45, 7) is 3.02. The van der Waals surface area contributed by atoms with Crippen molar-refractivity contribution in [1.29, 1.82) is 0 Å². The van der Waals surface area contributed by atoms with Crippen molar-refractivity contribution in [3.05, 3.63) is 36.5 Å². The van der Waals surface area contributed by atoms with Crippen LogP contribution < -0.4 is 5.46 Å². The van der Waals surface area contributed by atoms with E-state index in [0.29, 0.717) is 5.46 Å². The molecule has 88 valence electrons. The molecule has 2 rings (SSSR count). The quantitative estimate of drug-likeness (QED) is 0.757. The van der Waals surface area contributed by atoms with Crippen LogP contribution in [-0.4, -0.2) is 26.9 Å². The highest BCUT2D eigenvalue weighted by Gasteiger charge is 2.10. The Labute approximate surface area is 101 Å². The minimum absolute atomic E-state index is 0.488. The number of hydrogen-bond donors (Lipinski definition) is 2. The van der Waals surface area contributed by atoms with Crippen molar-refractivity contribution in [3.8, 4) is 11.3 Å². The molecule has 5 heteroatoms. The molecule has 1 aromatic heterocycles. The molecule has 17 heavy (non-hydrogen) atoms. The Morgan fingerprint density at radius 2 is 1.88 bits per heavy atom. The Bertz CT molecular complexity index is 480. The van der Waals surface area contributed by atoms with E-state index in [2.05, 4.69) is 12.0 Å². The first-order valence-electron chi connectivity index (χ1n) is 5.70. The van der Waals surface area contributed by atoms with Crippen LogP contribution >= 0.6 is 0 Å². The minimum atomic E-state index is -1.42. The number of rotatable bonds is 4. The lowest BCUT2D eigenvalue weighted by Gasteiger charge is -2.01. The average Bonchev–Trinajstić information content (AvgIpc) is 2.78. The number of aromatic nitrogens is 2. The summed E-state index contributed by atoms with van der Waals surface area (Å²) in [6.07, 6.45) is 3.00. The predicted octanol–water partition coefficient (Wildman–Crippen LogP) is 0.640. The molecule has 2 N–H and O–H groups in total. The van der Waals surface area contributed by atoms with Crippen LogP contribution in [0.25, 0.3) is 11.3 Å². The third-order valence-corrected chi connectivity index (χ3v) is 2.60. The van der Waals surface area contributed by atoms with Gasteiger partial charge in [-0.05, 0) is 17.9 Å². The third kappa shape index (κ3) is 2.75. The summed E-state index contributed by atoms with van der Waals surface area (Å²) in [5, 5.41) is 22.4. The zero-order valence-corrected chi connectivity index (χ0v) is 9.74. The molecule has 1 heterocycles. The molecule has 0 amide bonds. The van der Waals surface area contributed by atoms with Crippen molar-refractivity contribution in [2.75, 3.05) is 0 Å². The molecule has 0 spiro atoms. The molecule has 1 aromatic carbocycles. The maximum absolute atomic E-state index is 9.00. The molecule has 0 aliphatic rings. The second kappa shape index (κ2) is 5.16. The minimum Gasteiger partial charge on any atom is -0.423 e. The second-order valence-corrected chi connectivity index (χ2v) is 3.96. The SMILES string of the molecule is CCCn1ccc(-c2ccc(B(O)O)cc2)n1. The monoisotopic (exact) mass is 230 g/mol.